The van der Waals surface area contributed by atoms with Crippen molar-refractivity contribution in [2.45, 2.75) is 0 Å². The van der Waals surface area contributed by atoms with E-state index in [1.807, 2.05) is 0 Å². The summed E-state index contributed by atoms with van der Waals surface area (Å²) in [6, 6.07) is 24.9. The van der Waals surface area contributed by atoms with Gasteiger partial charge in [0.1, 0.15) is 49.4 Å². The van der Waals surface area contributed by atoms with Gasteiger partial charge in [-0.05, 0) is 72.8 Å². The third-order valence-corrected chi connectivity index (χ3v) is 10.3. The van der Waals surface area contributed by atoms with E-state index in [1.54, 1.807) is 72.8 Å². The molecule has 1 aliphatic rings. The zero-order chi connectivity index (χ0) is 46.4. The van der Waals surface area contributed by atoms with Crippen molar-refractivity contribution in [3.8, 4) is 46.0 Å². The van der Waals surface area contributed by atoms with Crippen LogP contribution in [0, 0.1) is 0 Å². The number of phenols is 4. The number of nitrogens with zero attached hydrogens (tertiary/aromatic N) is 4. The van der Waals surface area contributed by atoms with Crippen molar-refractivity contribution in [2.24, 2.45) is 20.0 Å². The summed E-state index contributed by atoms with van der Waals surface area (Å²) in [6.45, 7) is 1.01. The van der Waals surface area contributed by atoms with Gasteiger partial charge in [0.15, 0.2) is 23.0 Å². The molecule has 340 valence electrons. The van der Waals surface area contributed by atoms with Gasteiger partial charge in [-0.15, -0.1) is 0 Å². The molecule has 14 nitrogen and oxygen atoms in total. The smallest absolute Gasteiger partial charge is 0.163 e. The fourth-order valence-corrected chi connectivity index (χ4v) is 6.78. The van der Waals surface area contributed by atoms with E-state index in [0.29, 0.717) is 88.1 Å². The van der Waals surface area contributed by atoms with Gasteiger partial charge in [0.05, 0.1) is 49.2 Å². The Morgan fingerprint density at radius 2 is 0.561 bits per heavy atom. The zero-order valence-electron chi connectivity index (χ0n) is 34.7. The largest absolute Gasteiger partial charge is 0.507 e. The molecule has 0 radical (unpaired) electrons. The number of hydrogen-bond donors (Lipinski definition) is 4. The van der Waals surface area contributed by atoms with Gasteiger partial charge in [-0.25, -0.2) is 0 Å². The van der Waals surface area contributed by atoms with E-state index >= 15 is 0 Å². The molecule has 4 N–H and O–H groups in total. The highest BCUT2D eigenvalue weighted by Gasteiger charge is 2.16. The maximum absolute atomic E-state index is 10.5. The van der Waals surface area contributed by atoms with Crippen molar-refractivity contribution in [1.29, 1.82) is 0 Å². The topological polar surface area (TPSA) is 186 Å². The fraction of sp³-hybridized carbons (Fsp3) is 0.167. The third-order valence-electron chi connectivity index (χ3n) is 9.35. The van der Waals surface area contributed by atoms with Crippen molar-refractivity contribution in [3.05, 3.63) is 139 Å². The van der Waals surface area contributed by atoms with Crippen molar-refractivity contribution in [3.63, 3.8) is 0 Å². The van der Waals surface area contributed by atoms with Crippen LogP contribution in [0.4, 0.5) is 22.7 Å². The van der Waals surface area contributed by atoms with Gasteiger partial charge >= 0.3 is 0 Å². The van der Waals surface area contributed by atoms with Crippen LogP contribution >= 0.6 is 46.4 Å². The van der Waals surface area contributed by atoms with Gasteiger partial charge in [0, 0.05) is 91.5 Å². The highest BCUT2D eigenvalue weighted by Crippen LogP contribution is 2.42. The van der Waals surface area contributed by atoms with Crippen LogP contribution < -0.4 is 18.9 Å². The van der Waals surface area contributed by atoms with Crippen molar-refractivity contribution >= 4 is 94.0 Å². The molecule has 7 rings (SSSR count). The Labute approximate surface area is 399 Å². The zero-order valence-corrected chi connectivity index (χ0v) is 37.8. The van der Waals surface area contributed by atoms with Crippen molar-refractivity contribution in [1.82, 2.24) is 0 Å². The van der Waals surface area contributed by atoms with Crippen LogP contribution in [0.15, 0.2) is 117 Å². The lowest BCUT2D eigenvalue weighted by Crippen LogP contribution is -2.15. The van der Waals surface area contributed by atoms with E-state index < -0.39 is 0 Å². The number of rotatable bonds is 8. The second-order valence-electron chi connectivity index (χ2n) is 14.0. The number of phenolic OH excluding ortho intramolecular Hbond substituents is 4. The highest BCUT2D eigenvalue weighted by atomic mass is 35.5. The minimum atomic E-state index is -0.0298. The predicted octanol–water partition coefficient (Wildman–Crippen LogP) is 11.4. The number of fused-ring (bicyclic) bond motifs is 2. The summed E-state index contributed by atoms with van der Waals surface area (Å²) < 4.78 is 36.5. The minimum absolute atomic E-state index is 0.0298. The maximum Gasteiger partial charge on any atom is 0.163 e. The first-order valence-electron chi connectivity index (χ1n) is 20.1. The summed E-state index contributed by atoms with van der Waals surface area (Å²) in [6.07, 6.45) is 5.77. The van der Waals surface area contributed by atoms with E-state index in [2.05, 4.69) is 20.0 Å². The molecule has 0 unspecified atom stereocenters. The van der Waals surface area contributed by atoms with Gasteiger partial charge in [0.2, 0.25) is 0 Å². The van der Waals surface area contributed by atoms with Crippen molar-refractivity contribution in [2.75, 3.05) is 52.9 Å². The number of aliphatic imine (C=N–C) groups is 4. The average Bonchev–Trinajstić information content (AvgIpc) is 3.30. The lowest BCUT2D eigenvalue weighted by atomic mass is 10.2. The van der Waals surface area contributed by atoms with Crippen LogP contribution in [0.3, 0.4) is 0 Å². The van der Waals surface area contributed by atoms with Crippen LogP contribution in [0.25, 0.3) is 0 Å². The molecule has 6 aromatic rings. The molecule has 0 atom stereocenters. The molecule has 0 bridgehead atoms. The molecular formula is C48H40Cl4N4O10. The number of aromatic hydroxyl groups is 4. The van der Waals surface area contributed by atoms with Crippen LogP contribution in [-0.2, 0) is 9.47 Å². The van der Waals surface area contributed by atoms with Crippen molar-refractivity contribution < 1.29 is 48.8 Å². The molecule has 0 aromatic heterocycles. The third kappa shape index (κ3) is 13.3. The summed E-state index contributed by atoms with van der Waals surface area (Å²) in [5.41, 5.74) is 2.81. The van der Waals surface area contributed by atoms with Crippen LogP contribution in [0.2, 0.25) is 20.1 Å². The lowest BCUT2D eigenvalue weighted by molar-refractivity contribution is 0.0641. The van der Waals surface area contributed by atoms with E-state index in [4.69, 9.17) is 74.8 Å². The molecule has 6 aromatic carbocycles. The average molecular weight is 975 g/mol. The van der Waals surface area contributed by atoms with Gasteiger partial charge in [-0.2, -0.15) is 0 Å². The fourth-order valence-electron chi connectivity index (χ4n) is 6.06. The summed E-state index contributed by atoms with van der Waals surface area (Å²) in [4.78, 5) is 18.5. The number of halogens is 4. The van der Waals surface area contributed by atoms with E-state index in [-0.39, 0.29) is 75.9 Å². The quantitative estimate of drug-likeness (QED) is 0.107. The Balaban J connectivity index is 1.13. The Bertz CT molecular complexity index is 2430. The molecule has 0 fully saturated rings. The van der Waals surface area contributed by atoms with Crippen LogP contribution in [0.1, 0.15) is 22.3 Å². The maximum atomic E-state index is 10.5. The van der Waals surface area contributed by atoms with Crippen LogP contribution in [0.5, 0.6) is 46.0 Å². The van der Waals surface area contributed by atoms with E-state index in [9.17, 15) is 20.4 Å². The Morgan fingerprint density at radius 1 is 0.333 bits per heavy atom. The number of hydrogen-bond acceptors (Lipinski definition) is 14. The molecule has 66 heavy (non-hydrogen) atoms. The van der Waals surface area contributed by atoms with E-state index in [0.717, 1.165) is 0 Å². The molecule has 0 saturated carbocycles. The molecule has 0 spiro atoms. The van der Waals surface area contributed by atoms with Crippen LogP contribution in [-0.4, -0.2) is 98.1 Å². The minimum Gasteiger partial charge on any atom is -0.507 e. The Hall–Kier alpha value is -6.52. The first-order chi connectivity index (χ1) is 32.0. The Kier molecular flexibility index (Phi) is 16.6. The van der Waals surface area contributed by atoms with Gasteiger partial charge in [0.25, 0.3) is 0 Å². The molecule has 18 heteroatoms. The summed E-state index contributed by atoms with van der Waals surface area (Å²) >= 11 is 24.8. The molecule has 0 aliphatic carbocycles. The van der Waals surface area contributed by atoms with Gasteiger partial charge < -0.3 is 48.8 Å². The molecular weight excluding hydrogens is 934 g/mol. The Morgan fingerprint density at radius 3 is 0.788 bits per heavy atom. The summed E-state index contributed by atoms with van der Waals surface area (Å²) in [7, 11) is 0. The summed E-state index contributed by atoms with van der Waals surface area (Å²) in [5.74, 6) is 1.17. The second-order valence-corrected chi connectivity index (χ2v) is 15.8. The van der Waals surface area contributed by atoms with Gasteiger partial charge in [-0.1, -0.05) is 46.4 Å². The molecule has 1 heterocycles. The summed E-state index contributed by atoms with van der Waals surface area (Å²) in [5, 5.41) is 43.4. The standard InChI is InChI=1S/C48H40Cl4N4O10/c49-33-1-5-41(57)29(17-33)25-53-37-21-45-46(22-38(37)54-26-30-18-34(50)2-6-42(30)58)64-14-10-62-12-16-66-48-24-40(56-28-32-20-36(52)4-8-44(32)60)39(23-47(48)65-15-11-61-9-13-63-45)55-27-31-19-35(51)3-7-43(31)59/h1-8,17-28,57-60H,9-16H2. The first-order valence-corrected chi connectivity index (χ1v) is 21.6. The highest BCUT2D eigenvalue weighted by molar-refractivity contribution is 6.32. The van der Waals surface area contributed by atoms with E-state index in [1.165, 1.54) is 49.1 Å². The monoisotopic (exact) mass is 972 g/mol. The molecule has 1 aliphatic heterocycles. The normalized spacial score (nSPS) is 14.2. The van der Waals surface area contributed by atoms with Gasteiger partial charge in [-0.3, -0.25) is 20.0 Å². The molecule has 0 amide bonds. The number of ether oxygens (including phenoxy) is 6. The lowest BCUT2D eigenvalue weighted by Gasteiger charge is -2.17. The molecule has 0 saturated heterocycles. The number of benzene rings is 6. The predicted molar refractivity (Wildman–Crippen MR) is 258 cm³/mol. The SMILES string of the molecule is Oc1ccc(Cl)cc1C=Nc1cc2c(cc1N=Cc1cc(Cl)ccc1O)OCCOCCOc1cc(N=Cc3cc(Cl)ccc3O)c(N=Cc3cc(Cl)ccc3O)cc1OCCOCCO2. The second kappa shape index (κ2) is 23.1. The first kappa shape index (κ1) is 47.4.